The lowest BCUT2D eigenvalue weighted by molar-refractivity contribution is -0.130. The fraction of sp³-hybridized carbons (Fsp3) is 0.632. The first-order chi connectivity index (χ1) is 10.6. The second kappa shape index (κ2) is 6.41. The van der Waals surface area contributed by atoms with Crippen molar-refractivity contribution in [3.05, 3.63) is 35.4 Å². The molecular weight excluding hydrogens is 272 g/mol. The number of amides is 1. The SMILES string of the molecule is Cc1ccccc1CCC(=O)N1CCC2(CCN(C)CC2)C1. The molecule has 1 amide bonds. The van der Waals surface area contributed by atoms with E-state index in [-0.39, 0.29) is 0 Å². The van der Waals surface area contributed by atoms with E-state index in [9.17, 15) is 4.79 Å². The summed E-state index contributed by atoms with van der Waals surface area (Å²) in [5.41, 5.74) is 3.03. The minimum absolute atomic E-state index is 0.346. The van der Waals surface area contributed by atoms with Gasteiger partial charge in [0.25, 0.3) is 0 Å². The third-order valence-electron chi connectivity index (χ3n) is 5.71. The van der Waals surface area contributed by atoms with Crippen molar-refractivity contribution in [2.24, 2.45) is 5.41 Å². The van der Waals surface area contributed by atoms with Gasteiger partial charge in [-0.05, 0) is 69.3 Å². The van der Waals surface area contributed by atoms with Crippen LogP contribution in [-0.4, -0.2) is 48.9 Å². The lowest BCUT2D eigenvalue weighted by Gasteiger charge is -2.37. The molecule has 2 aliphatic rings. The van der Waals surface area contributed by atoms with E-state index in [0.717, 1.165) is 19.5 Å². The van der Waals surface area contributed by atoms with Gasteiger partial charge in [-0.15, -0.1) is 0 Å². The van der Waals surface area contributed by atoms with Gasteiger partial charge in [0.1, 0.15) is 0 Å². The number of benzene rings is 1. The molecule has 0 aliphatic carbocycles. The van der Waals surface area contributed by atoms with Crippen molar-refractivity contribution in [1.29, 1.82) is 0 Å². The van der Waals surface area contributed by atoms with Gasteiger partial charge in [0.15, 0.2) is 0 Å². The van der Waals surface area contributed by atoms with Crippen molar-refractivity contribution >= 4 is 5.91 Å². The summed E-state index contributed by atoms with van der Waals surface area (Å²) in [6.07, 6.45) is 5.24. The van der Waals surface area contributed by atoms with Crippen LogP contribution in [0.4, 0.5) is 0 Å². The van der Waals surface area contributed by atoms with E-state index in [0.29, 0.717) is 17.7 Å². The number of aryl methyl sites for hydroxylation is 2. The van der Waals surface area contributed by atoms with Gasteiger partial charge < -0.3 is 9.80 Å². The smallest absolute Gasteiger partial charge is 0.222 e. The monoisotopic (exact) mass is 300 g/mol. The summed E-state index contributed by atoms with van der Waals surface area (Å²) in [7, 11) is 2.20. The highest BCUT2D eigenvalue weighted by Crippen LogP contribution is 2.40. The molecule has 3 nitrogen and oxygen atoms in total. The molecule has 120 valence electrons. The summed E-state index contributed by atoms with van der Waals surface area (Å²) in [5, 5.41) is 0. The number of piperidine rings is 1. The van der Waals surface area contributed by atoms with E-state index in [1.165, 1.54) is 43.5 Å². The maximum Gasteiger partial charge on any atom is 0.222 e. The Morgan fingerprint density at radius 1 is 1.14 bits per heavy atom. The van der Waals surface area contributed by atoms with E-state index in [1.54, 1.807) is 0 Å². The van der Waals surface area contributed by atoms with Crippen molar-refractivity contribution in [3.63, 3.8) is 0 Å². The Bertz CT molecular complexity index is 532. The third kappa shape index (κ3) is 3.35. The van der Waals surface area contributed by atoms with Crippen LogP contribution >= 0.6 is 0 Å². The quantitative estimate of drug-likeness (QED) is 0.857. The molecule has 22 heavy (non-hydrogen) atoms. The first-order valence-corrected chi connectivity index (χ1v) is 8.59. The van der Waals surface area contributed by atoms with Crippen molar-refractivity contribution in [2.75, 3.05) is 33.2 Å². The third-order valence-corrected chi connectivity index (χ3v) is 5.71. The Labute approximate surface area is 134 Å². The molecule has 0 radical (unpaired) electrons. The lowest BCUT2D eigenvalue weighted by atomic mass is 9.78. The van der Waals surface area contributed by atoms with Gasteiger partial charge in [-0.1, -0.05) is 24.3 Å². The van der Waals surface area contributed by atoms with Crippen LogP contribution in [0.5, 0.6) is 0 Å². The molecule has 0 atom stereocenters. The molecule has 2 saturated heterocycles. The highest BCUT2D eigenvalue weighted by Gasteiger charge is 2.41. The van der Waals surface area contributed by atoms with Gasteiger partial charge in [0, 0.05) is 19.5 Å². The minimum Gasteiger partial charge on any atom is -0.342 e. The normalized spacial score (nSPS) is 21.5. The van der Waals surface area contributed by atoms with E-state index < -0.39 is 0 Å². The average molecular weight is 300 g/mol. The van der Waals surface area contributed by atoms with Crippen LogP contribution in [0.2, 0.25) is 0 Å². The summed E-state index contributed by atoms with van der Waals surface area (Å²) in [6, 6.07) is 8.40. The summed E-state index contributed by atoms with van der Waals surface area (Å²) >= 11 is 0. The van der Waals surface area contributed by atoms with E-state index in [4.69, 9.17) is 0 Å². The van der Waals surface area contributed by atoms with Crippen molar-refractivity contribution < 1.29 is 4.79 Å². The Morgan fingerprint density at radius 2 is 1.82 bits per heavy atom. The topological polar surface area (TPSA) is 23.6 Å². The average Bonchev–Trinajstić information content (AvgIpc) is 2.94. The van der Waals surface area contributed by atoms with Crippen LogP contribution in [0, 0.1) is 12.3 Å². The van der Waals surface area contributed by atoms with Crippen molar-refractivity contribution in [3.8, 4) is 0 Å². The second-order valence-corrected chi connectivity index (χ2v) is 7.30. The Morgan fingerprint density at radius 3 is 2.55 bits per heavy atom. The van der Waals surface area contributed by atoms with Crippen LogP contribution in [0.3, 0.4) is 0 Å². The standard InChI is InChI=1S/C19H28N2O/c1-16-5-3-4-6-17(16)7-8-18(22)21-14-11-19(15-21)9-12-20(2)13-10-19/h3-6H,7-15H2,1-2H3. The zero-order chi connectivity index (χ0) is 15.6. The molecule has 2 heterocycles. The molecule has 1 spiro atoms. The predicted octanol–water partition coefficient (Wildman–Crippen LogP) is 2.87. The molecule has 1 aromatic rings. The predicted molar refractivity (Wildman–Crippen MR) is 89.9 cm³/mol. The first-order valence-electron chi connectivity index (χ1n) is 8.59. The molecular formula is C19H28N2O. The largest absolute Gasteiger partial charge is 0.342 e. The van der Waals surface area contributed by atoms with E-state index in [2.05, 4.69) is 48.0 Å². The second-order valence-electron chi connectivity index (χ2n) is 7.30. The summed E-state index contributed by atoms with van der Waals surface area (Å²) in [4.78, 5) is 17.1. The summed E-state index contributed by atoms with van der Waals surface area (Å²) in [5.74, 6) is 0.346. The van der Waals surface area contributed by atoms with E-state index in [1.807, 2.05) is 0 Å². The molecule has 2 fully saturated rings. The van der Waals surface area contributed by atoms with Gasteiger partial charge in [-0.25, -0.2) is 0 Å². The Kier molecular flexibility index (Phi) is 4.53. The van der Waals surface area contributed by atoms with Crippen molar-refractivity contribution in [1.82, 2.24) is 9.80 Å². The minimum atomic E-state index is 0.346. The number of carbonyl (C=O) groups is 1. The Hall–Kier alpha value is -1.35. The summed E-state index contributed by atoms with van der Waals surface area (Å²) in [6.45, 7) is 6.46. The molecule has 3 heteroatoms. The summed E-state index contributed by atoms with van der Waals surface area (Å²) < 4.78 is 0. The Balaban J connectivity index is 1.53. The van der Waals surface area contributed by atoms with Crippen LogP contribution in [0.25, 0.3) is 0 Å². The number of hydrogen-bond acceptors (Lipinski definition) is 2. The maximum atomic E-state index is 12.5. The maximum absolute atomic E-state index is 12.5. The first kappa shape index (κ1) is 15.5. The molecule has 0 bridgehead atoms. The number of carbonyl (C=O) groups excluding carboxylic acids is 1. The van der Waals surface area contributed by atoms with Crippen molar-refractivity contribution in [2.45, 2.75) is 39.0 Å². The molecule has 0 saturated carbocycles. The molecule has 3 rings (SSSR count). The van der Waals surface area contributed by atoms with E-state index >= 15 is 0 Å². The van der Waals surface area contributed by atoms with Crippen LogP contribution in [0.15, 0.2) is 24.3 Å². The molecule has 0 unspecified atom stereocenters. The molecule has 0 N–H and O–H groups in total. The van der Waals surface area contributed by atoms with Gasteiger partial charge in [0.2, 0.25) is 5.91 Å². The fourth-order valence-electron chi connectivity index (χ4n) is 3.94. The van der Waals surface area contributed by atoms with Gasteiger partial charge in [-0.3, -0.25) is 4.79 Å². The zero-order valence-electron chi connectivity index (χ0n) is 14.0. The fourth-order valence-corrected chi connectivity index (χ4v) is 3.94. The number of nitrogens with zero attached hydrogens (tertiary/aromatic N) is 2. The van der Waals surface area contributed by atoms with Crippen LogP contribution < -0.4 is 0 Å². The number of rotatable bonds is 3. The number of likely N-dealkylation sites (tertiary alicyclic amines) is 2. The molecule has 1 aromatic carbocycles. The zero-order valence-corrected chi connectivity index (χ0v) is 14.0. The van der Waals surface area contributed by atoms with Gasteiger partial charge in [-0.2, -0.15) is 0 Å². The molecule has 0 aromatic heterocycles. The van der Waals surface area contributed by atoms with Crippen LogP contribution in [-0.2, 0) is 11.2 Å². The highest BCUT2D eigenvalue weighted by molar-refractivity contribution is 5.76. The lowest BCUT2D eigenvalue weighted by Crippen LogP contribution is -2.40. The van der Waals surface area contributed by atoms with Crippen LogP contribution in [0.1, 0.15) is 36.8 Å². The molecule has 2 aliphatic heterocycles. The highest BCUT2D eigenvalue weighted by atomic mass is 16.2. The number of hydrogen-bond donors (Lipinski definition) is 0. The van der Waals surface area contributed by atoms with Gasteiger partial charge >= 0.3 is 0 Å². The van der Waals surface area contributed by atoms with Gasteiger partial charge in [0.05, 0.1) is 0 Å².